The van der Waals surface area contributed by atoms with Crippen LogP contribution in [-0.2, 0) is 16.0 Å². The van der Waals surface area contributed by atoms with Crippen molar-refractivity contribution in [2.45, 2.75) is 65.5 Å². The lowest BCUT2D eigenvalue weighted by Crippen LogP contribution is -2.45. The SMILES string of the molecule is CCCc1cc(=O)oc2cc(C)cc(OC(=O)C(CCSC)NC(=O)OC(C)(C)C)c12. The molecule has 1 heterocycles. The molecule has 31 heavy (non-hydrogen) atoms. The molecule has 0 bridgehead atoms. The summed E-state index contributed by atoms with van der Waals surface area (Å²) in [7, 11) is 0. The Balaban J connectivity index is 2.37. The lowest BCUT2D eigenvalue weighted by Gasteiger charge is -2.23. The largest absolute Gasteiger partial charge is 0.444 e. The van der Waals surface area contributed by atoms with E-state index >= 15 is 0 Å². The Morgan fingerprint density at radius 2 is 1.94 bits per heavy atom. The van der Waals surface area contributed by atoms with Crippen LogP contribution in [-0.4, -0.2) is 35.7 Å². The lowest BCUT2D eigenvalue weighted by atomic mass is 10.0. The van der Waals surface area contributed by atoms with Crippen LogP contribution in [0.5, 0.6) is 5.75 Å². The first-order valence-corrected chi connectivity index (χ1v) is 11.7. The fourth-order valence-electron chi connectivity index (χ4n) is 3.13. The number of thioether (sulfide) groups is 1. The van der Waals surface area contributed by atoms with Crippen LogP contribution < -0.4 is 15.7 Å². The summed E-state index contributed by atoms with van der Waals surface area (Å²) in [4.78, 5) is 37.2. The number of nitrogens with one attached hydrogen (secondary N) is 1. The summed E-state index contributed by atoms with van der Waals surface area (Å²) in [5, 5.41) is 3.22. The molecular weight excluding hydrogens is 418 g/mol. The van der Waals surface area contributed by atoms with E-state index in [2.05, 4.69) is 5.32 Å². The molecule has 0 radical (unpaired) electrons. The molecule has 8 heteroatoms. The number of amides is 1. The van der Waals surface area contributed by atoms with Gasteiger partial charge in [-0.2, -0.15) is 11.8 Å². The summed E-state index contributed by atoms with van der Waals surface area (Å²) >= 11 is 1.56. The molecule has 1 atom stereocenters. The molecule has 0 aliphatic rings. The third kappa shape index (κ3) is 7.31. The third-order valence-electron chi connectivity index (χ3n) is 4.35. The van der Waals surface area contributed by atoms with Crippen molar-refractivity contribution in [2.75, 3.05) is 12.0 Å². The van der Waals surface area contributed by atoms with Gasteiger partial charge in [-0.3, -0.25) is 0 Å². The van der Waals surface area contributed by atoms with E-state index in [9.17, 15) is 14.4 Å². The van der Waals surface area contributed by atoms with Crippen LogP contribution in [0.3, 0.4) is 0 Å². The first-order chi connectivity index (χ1) is 14.5. The summed E-state index contributed by atoms with van der Waals surface area (Å²) in [6.07, 6.45) is 3.09. The number of rotatable bonds is 8. The van der Waals surface area contributed by atoms with Crippen molar-refractivity contribution in [3.63, 3.8) is 0 Å². The van der Waals surface area contributed by atoms with Crippen molar-refractivity contribution < 1.29 is 23.5 Å². The van der Waals surface area contributed by atoms with E-state index in [-0.39, 0.29) is 0 Å². The van der Waals surface area contributed by atoms with E-state index in [1.807, 2.05) is 20.1 Å². The summed E-state index contributed by atoms with van der Waals surface area (Å²) in [5.74, 6) is 0.368. The molecule has 0 saturated carbocycles. The molecule has 0 aliphatic heterocycles. The number of esters is 1. The van der Waals surface area contributed by atoms with Gasteiger partial charge < -0.3 is 19.2 Å². The first kappa shape index (κ1) is 24.8. The Hall–Kier alpha value is -2.48. The van der Waals surface area contributed by atoms with Gasteiger partial charge in [-0.1, -0.05) is 13.3 Å². The van der Waals surface area contributed by atoms with Crippen LogP contribution in [0.15, 0.2) is 27.4 Å². The number of ether oxygens (including phenoxy) is 2. The quantitative estimate of drug-likeness (QED) is 0.357. The highest BCUT2D eigenvalue weighted by Crippen LogP contribution is 2.31. The zero-order valence-corrected chi connectivity index (χ0v) is 19.8. The Morgan fingerprint density at radius 1 is 1.23 bits per heavy atom. The van der Waals surface area contributed by atoms with Crippen LogP contribution in [0, 0.1) is 6.92 Å². The molecule has 7 nitrogen and oxygen atoms in total. The molecule has 2 aromatic rings. The highest BCUT2D eigenvalue weighted by Gasteiger charge is 2.27. The van der Waals surface area contributed by atoms with Crippen molar-refractivity contribution >= 4 is 34.8 Å². The zero-order chi connectivity index (χ0) is 23.2. The summed E-state index contributed by atoms with van der Waals surface area (Å²) in [6.45, 7) is 9.09. The number of carbonyl (C=O) groups is 2. The number of aryl methyl sites for hydroxylation is 2. The molecule has 2 rings (SSSR count). The van der Waals surface area contributed by atoms with Gasteiger partial charge >= 0.3 is 17.7 Å². The van der Waals surface area contributed by atoms with Gasteiger partial charge in [-0.05, 0) is 75.8 Å². The lowest BCUT2D eigenvalue weighted by molar-refractivity contribution is -0.136. The predicted octanol–water partition coefficient (Wildman–Crippen LogP) is 4.61. The zero-order valence-electron chi connectivity index (χ0n) is 19.0. The second-order valence-corrected chi connectivity index (χ2v) is 9.36. The third-order valence-corrected chi connectivity index (χ3v) is 4.99. The van der Waals surface area contributed by atoms with Crippen molar-refractivity contribution in [1.29, 1.82) is 0 Å². The molecular formula is C23H31NO6S. The maximum absolute atomic E-state index is 13.0. The van der Waals surface area contributed by atoms with E-state index in [1.54, 1.807) is 44.7 Å². The van der Waals surface area contributed by atoms with Crippen LogP contribution in [0.2, 0.25) is 0 Å². The van der Waals surface area contributed by atoms with Gasteiger partial charge in [0.05, 0.1) is 5.39 Å². The Kier molecular flexibility index (Phi) is 8.56. The smallest absolute Gasteiger partial charge is 0.408 e. The molecule has 0 saturated heterocycles. The van der Waals surface area contributed by atoms with Crippen LogP contribution in [0.1, 0.15) is 51.7 Å². The number of benzene rings is 1. The topological polar surface area (TPSA) is 94.8 Å². The van der Waals surface area contributed by atoms with E-state index in [1.165, 1.54) is 6.07 Å². The van der Waals surface area contributed by atoms with Gasteiger partial charge in [0.25, 0.3) is 0 Å². The van der Waals surface area contributed by atoms with Crippen molar-refractivity contribution in [3.05, 3.63) is 39.7 Å². The highest BCUT2D eigenvalue weighted by molar-refractivity contribution is 7.98. The maximum atomic E-state index is 13.0. The van der Waals surface area contributed by atoms with Gasteiger partial charge in [0, 0.05) is 6.07 Å². The molecule has 1 amide bonds. The second kappa shape index (κ2) is 10.7. The molecule has 1 aromatic heterocycles. The Morgan fingerprint density at radius 3 is 2.55 bits per heavy atom. The van der Waals surface area contributed by atoms with Gasteiger partial charge in [-0.15, -0.1) is 0 Å². The highest BCUT2D eigenvalue weighted by atomic mass is 32.2. The fourth-order valence-corrected chi connectivity index (χ4v) is 3.60. The number of carbonyl (C=O) groups excluding carboxylic acids is 2. The van der Waals surface area contributed by atoms with Crippen molar-refractivity contribution in [3.8, 4) is 5.75 Å². The minimum Gasteiger partial charge on any atom is -0.444 e. The monoisotopic (exact) mass is 449 g/mol. The average molecular weight is 450 g/mol. The van der Waals surface area contributed by atoms with E-state index in [4.69, 9.17) is 13.9 Å². The predicted molar refractivity (Wildman–Crippen MR) is 123 cm³/mol. The van der Waals surface area contributed by atoms with E-state index < -0.39 is 29.3 Å². The number of fused-ring (bicyclic) bond motifs is 1. The molecule has 1 aromatic carbocycles. The number of hydrogen-bond acceptors (Lipinski definition) is 7. The minimum absolute atomic E-state index is 0.312. The van der Waals surface area contributed by atoms with Gasteiger partial charge in [-0.25, -0.2) is 14.4 Å². The summed E-state index contributed by atoms with van der Waals surface area (Å²) in [5.41, 5.74) is 0.796. The van der Waals surface area contributed by atoms with E-state index in [0.717, 1.165) is 17.5 Å². The average Bonchev–Trinajstić information content (AvgIpc) is 2.62. The second-order valence-electron chi connectivity index (χ2n) is 8.38. The van der Waals surface area contributed by atoms with Crippen LogP contribution >= 0.6 is 11.8 Å². The Labute approximate surface area is 186 Å². The maximum Gasteiger partial charge on any atom is 0.408 e. The van der Waals surface area contributed by atoms with Crippen LogP contribution in [0.25, 0.3) is 11.0 Å². The number of hydrogen-bond donors (Lipinski definition) is 1. The molecule has 0 aliphatic carbocycles. The normalized spacial score (nSPS) is 12.5. The van der Waals surface area contributed by atoms with Crippen molar-refractivity contribution in [1.82, 2.24) is 5.32 Å². The van der Waals surface area contributed by atoms with E-state index in [0.29, 0.717) is 35.3 Å². The van der Waals surface area contributed by atoms with Gasteiger partial charge in [0.1, 0.15) is 23.0 Å². The van der Waals surface area contributed by atoms with Gasteiger partial charge in [0.2, 0.25) is 0 Å². The molecule has 0 spiro atoms. The minimum atomic E-state index is -0.872. The molecule has 0 fully saturated rings. The first-order valence-electron chi connectivity index (χ1n) is 10.3. The summed E-state index contributed by atoms with van der Waals surface area (Å²) in [6, 6.07) is 4.04. The van der Waals surface area contributed by atoms with Crippen molar-refractivity contribution in [2.24, 2.45) is 0 Å². The number of alkyl carbamates (subject to hydrolysis) is 1. The summed E-state index contributed by atoms with van der Waals surface area (Å²) < 4.78 is 16.4. The fraction of sp³-hybridized carbons (Fsp3) is 0.522. The standard InChI is InChI=1S/C23H31NO6S/c1-7-8-15-13-19(25)28-17-11-14(2)12-18(20(15)17)29-21(26)16(9-10-31-6)24-22(27)30-23(3,4)5/h11-13,16H,7-10H2,1-6H3,(H,24,27). The molecule has 1 N–H and O–H groups in total. The molecule has 1 unspecified atom stereocenters. The van der Waals surface area contributed by atoms with Gasteiger partial charge in [0.15, 0.2) is 0 Å². The Bertz CT molecular complexity index is 992. The van der Waals surface area contributed by atoms with Crippen LogP contribution in [0.4, 0.5) is 4.79 Å². The molecule has 170 valence electrons.